The summed E-state index contributed by atoms with van der Waals surface area (Å²) in [4.78, 5) is 4.35. The van der Waals surface area contributed by atoms with Gasteiger partial charge in [0.2, 0.25) is 0 Å². The van der Waals surface area contributed by atoms with Gasteiger partial charge >= 0.3 is 0 Å². The molecule has 19 heavy (non-hydrogen) atoms. The van der Waals surface area contributed by atoms with Crippen LogP contribution in [0.25, 0.3) is 17.0 Å². The summed E-state index contributed by atoms with van der Waals surface area (Å²) in [7, 11) is 1.65. The minimum absolute atomic E-state index is 0.235. The number of rotatable bonds is 3. The minimum Gasteiger partial charge on any atom is -0.497 e. The van der Waals surface area contributed by atoms with Crippen molar-refractivity contribution in [1.29, 1.82) is 0 Å². The molecule has 0 unspecified atom stereocenters. The number of benzene rings is 1. The van der Waals surface area contributed by atoms with Gasteiger partial charge in [0.05, 0.1) is 25.8 Å². The van der Waals surface area contributed by atoms with Crippen molar-refractivity contribution in [3.63, 3.8) is 0 Å². The van der Waals surface area contributed by atoms with Gasteiger partial charge in [0.1, 0.15) is 5.75 Å². The molecule has 1 aliphatic heterocycles. The van der Waals surface area contributed by atoms with Crippen LogP contribution in [0.5, 0.6) is 5.75 Å². The van der Waals surface area contributed by atoms with Crippen molar-refractivity contribution in [2.45, 2.75) is 6.29 Å². The molecule has 1 saturated heterocycles. The van der Waals surface area contributed by atoms with Gasteiger partial charge in [0.25, 0.3) is 0 Å². The number of methoxy groups -OCH3 is 1. The van der Waals surface area contributed by atoms with Crippen molar-refractivity contribution >= 4 is 17.0 Å². The quantitative estimate of drug-likeness (QED) is 0.847. The van der Waals surface area contributed by atoms with E-state index in [4.69, 9.17) is 14.2 Å². The highest BCUT2D eigenvalue weighted by Gasteiger charge is 2.11. The third kappa shape index (κ3) is 2.59. The van der Waals surface area contributed by atoms with Crippen LogP contribution < -0.4 is 4.74 Å². The molecule has 0 aliphatic carbocycles. The molecule has 4 heteroatoms. The highest BCUT2D eigenvalue weighted by molar-refractivity contribution is 5.88. The van der Waals surface area contributed by atoms with Gasteiger partial charge in [-0.1, -0.05) is 6.08 Å². The Kier molecular flexibility index (Phi) is 3.44. The normalized spacial score (nSPS) is 16.5. The maximum absolute atomic E-state index is 5.38. The lowest BCUT2D eigenvalue weighted by molar-refractivity contribution is -0.000904. The van der Waals surface area contributed by atoms with Gasteiger partial charge in [-0.3, -0.25) is 4.98 Å². The van der Waals surface area contributed by atoms with Gasteiger partial charge in [-0.05, 0) is 29.8 Å². The van der Waals surface area contributed by atoms with Crippen molar-refractivity contribution in [1.82, 2.24) is 4.98 Å². The summed E-state index contributed by atoms with van der Waals surface area (Å²) < 4.78 is 16.0. The van der Waals surface area contributed by atoms with E-state index in [-0.39, 0.29) is 6.29 Å². The van der Waals surface area contributed by atoms with Crippen LogP contribution in [0.15, 0.2) is 36.5 Å². The molecule has 98 valence electrons. The molecule has 0 amide bonds. The van der Waals surface area contributed by atoms with Crippen molar-refractivity contribution in [2.75, 3.05) is 20.3 Å². The van der Waals surface area contributed by atoms with Gasteiger partial charge in [-0.2, -0.15) is 0 Å². The first kappa shape index (κ1) is 12.1. The second-order valence-electron chi connectivity index (χ2n) is 4.25. The summed E-state index contributed by atoms with van der Waals surface area (Å²) in [6.07, 6.45) is 5.48. The van der Waals surface area contributed by atoms with E-state index in [1.807, 2.05) is 36.4 Å². The fourth-order valence-corrected chi connectivity index (χ4v) is 2.09. The van der Waals surface area contributed by atoms with Gasteiger partial charge in [-0.25, -0.2) is 0 Å². The molecule has 2 heterocycles. The Labute approximate surface area is 111 Å². The molecule has 1 aromatic carbocycles. The summed E-state index contributed by atoms with van der Waals surface area (Å²) in [5, 5.41) is 1.08. The number of fused-ring (bicyclic) bond motifs is 1. The first-order valence-corrected chi connectivity index (χ1v) is 6.21. The van der Waals surface area contributed by atoms with Gasteiger partial charge < -0.3 is 14.2 Å². The Morgan fingerprint density at radius 1 is 1.26 bits per heavy atom. The standard InChI is InChI=1S/C15H15NO3/c1-17-12-3-4-13-11(6-7-16-14(13)10-12)2-5-15-18-8-9-19-15/h2-7,10,15H,8-9H2,1H3/b5-2+. The predicted octanol–water partition coefficient (Wildman–Crippen LogP) is 2.63. The van der Waals surface area contributed by atoms with E-state index in [0.717, 1.165) is 22.2 Å². The Hall–Kier alpha value is -1.91. The Morgan fingerprint density at radius 2 is 2.11 bits per heavy atom. The highest BCUT2D eigenvalue weighted by Crippen LogP contribution is 2.23. The molecule has 0 spiro atoms. The van der Waals surface area contributed by atoms with E-state index in [9.17, 15) is 0 Å². The molecule has 0 saturated carbocycles. The Balaban J connectivity index is 1.94. The molecule has 0 radical (unpaired) electrons. The number of hydrogen-bond donors (Lipinski definition) is 0. The topological polar surface area (TPSA) is 40.6 Å². The zero-order chi connectivity index (χ0) is 13.1. The summed E-state index contributed by atoms with van der Waals surface area (Å²) in [6, 6.07) is 7.84. The van der Waals surface area contributed by atoms with E-state index in [1.54, 1.807) is 13.3 Å². The lowest BCUT2D eigenvalue weighted by atomic mass is 10.1. The second-order valence-corrected chi connectivity index (χ2v) is 4.25. The Bertz CT molecular complexity index is 603. The number of pyridine rings is 1. The Morgan fingerprint density at radius 3 is 2.89 bits per heavy atom. The van der Waals surface area contributed by atoms with E-state index in [2.05, 4.69) is 4.98 Å². The third-order valence-corrected chi connectivity index (χ3v) is 3.06. The van der Waals surface area contributed by atoms with E-state index >= 15 is 0 Å². The van der Waals surface area contributed by atoms with Crippen molar-refractivity contribution in [3.8, 4) is 5.75 Å². The largest absolute Gasteiger partial charge is 0.497 e. The van der Waals surface area contributed by atoms with E-state index in [0.29, 0.717) is 13.2 Å². The maximum Gasteiger partial charge on any atom is 0.177 e. The monoisotopic (exact) mass is 257 g/mol. The van der Waals surface area contributed by atoms with Gasteiger partial charge in [-0.15, -0.1) is 0 Å². The first-order chi connectivity index (χ1) is 9.36. The number of aromatic nitrogens is 1. The van der Waals surface area contributed by atoms with Crippen LogP contribution >= 0.6 is 0 Å². The van der Waals surface area contributed by atoms with Crippen LogP contribution in [0.1, 0.15) is 5.56 Å². The molecular formula is C15H15NO3. The zero-order valence-corrected chi connectivity index (χ0v) is 10.7. The molecule has 3 rings (SSSR count). The average molecular weight is 257 g/mol. The van der Waals surface area contributed by atoms with Crippen molar-refractivity contribution < 1.29 is 14.2 Å². The fourth-order valence-electron chi connectivity index (χ4n) is 2.09. The fraction of sp³-hybridized carbons (Fsp3) is 0.267. The van der Waals surface area contributed by atoms with Crippen LogP contribution in [0, 0.1) is 0 Å². The predicted molar refractivity (Wildman–Crippen MR) is 73.0 cm³/mol. The molecule has 4 nitrogen and oxygen atoms in total. The molecule has 1 aliphatic rings. The minimum atomic E-state index is -0.235. The van der Waals surface area contributed by atoms with Crippen LogP contribution in [0.2, 0.25) is 0 Å². The van der Waals surface area contributed by atoms with Gasteiger partial charge in [0, 0.05) is 17.6 Å². The third-order valence-electron chi connectivity index (χ3n) is 3.06. The molecule has 0 atom stereocenters. The number of ether oxygens (including phenoxy) is 3. The zero-order valence-electron chi connectivity index (χ0n) is 10.7. The lowest BCUT2D eigenvalue weighted by Crippen LogP contribution is -2.01. The van der Waals surface area contributed by atoms with Crippen LogP contribution in [-0.2, 0) is 9.47 Å². The maximum atomic E-state index is 5.38. The lowest BCUT2D eigenvalue weighted by Gasteiger charge is -2.05. The molecule has 1 aromatic heterocycles. The van der Waals surface area contributed by atoms with E-state index < -0.39 is 0 Å². The SMILES string of the molecule is COc1ccc2c(/C=C/C3OCCO3)ccnc2c1. The van der Waals surface area contributed by atoms with Crippen LogP contribution in [0.4, 0.5) is 0 Å². The van der Waals surface area contributed by atoms with Crippen LogP contribution in [0.3, 0.4) is 0 Å². The summed E-state index contributed by atoms with van der Waals surface area (Å²) >= 11 is 0. The molecule has 1 fully saturated rings. The molecule has 0 N–H and O–H groups in total. The first-order valence-electron chi connectivity index (χ1n) is 6.21. The summed E-state index contributed by atoms with van der Waals surface area (Å²) in [6.45, 7) is 1.31. The number of nitrogens with zero attached hydrogens (tertiary/aromatic N) is 1. The molecule has 0 bridgehead atoms. The molecular weight excluding hydrogens is 242 g/mol. The van der Waals surface area contributed by atoms with Crippen molar-refractivity contribution in [3.05, 3.63) is 42.1 Å². The second kappa shape index (κ2) is 5.38. The smallest absolute Gasteiger partial charge is 0.177 e. The highest BCUT2D eigenvalue weighted by atomic mass is 16.7. The van der Waals surface area contributed by atoms with Crippen molar-refractivity contribution in [2.24, 2.45) is 0 Å². The summed E-state index contributed by atoms with van der Waals surface area (Å²) in [5.74, 6) is 0.809. The number of hydrogen-bond acceptors (Lipinski definition) is 4. The van der Waals surface area contributed by atoms with E-state index in [1.165, 1.54) is 0 Å². The van der Waals surface area contributed by atoms with Gasteiger partial charge in [0.15, 0.2) is 6.29 Å². The van der Waals surface area contributed by atoms with Crippen LogP contribution in [-0.4, -0.2) is 31.6 Å². The average Bonchev–Trinajstić information content (AvgIpc) is 2.97. The summed E-state index contributed by atoms with van der Waals surface area (Å²) in [5.41, 5.74) is 2.00. The molecule has 2 aromatic rings.